The van der Waals surface area contributed by atoms with Gasteiger partial charge in [0.15, 0.2) is 0 Å². The van der Waals surface area contributed by atoms with Crippen LogP contribution in [0, 0.1) is 0 Å². The first-order valence-electron chi connectivity index (χ1n) is 5.34. The van der Waals surface area contributed by atoms with E-state index < -0.39 is 6.03 Å². The molecule has 0 bridgehead atoms. The molecule has 84 valence electrons. The van der Waals surface area contributed by atoms with Crippen LogP contribution in [-0.4, -0.2) is 23.5 Å². The molecule has 3 rings (SSSR count). The lowest BCUT2D eigenvalue weighted by Gasteiger charge is -2.22. The van der Waals surface area contributed by atoms with Gasteiger partial charge in [0.1, 0.15) is 5.76 Å². The van der Waals surface area contributed by atoms with Crippen LogP contribution in [0.1, 0.15) is 24.3 Å². The van der Waals surface area contributed by atoms with E-state index >= 15 is 0 Å². The quantitative estimate of drug-likeness (QED) is 0.753. The third-order valence-electron chi connectivity index (χ3n) is 2.87. The van der Waals surface area contributed by atoms with Gasteiger partial charge in [0.2, 0.25) is 5.91 Å². The highest BCUT2D eigenvalue weighted by molar-refractivity contribution is 6.04. The van der Waals surface area contributed by atoms with Gasteiger partial charge < -0.3 is 4.42 Å². The number of aromatic nitrogens is 1. The number of amides is 3. The van der Waals surface area contributed by atoms with E-state index in [0.29, 0.717) is 19.0 Å². The molecule has 1 aliphatic carbocycles. The molecule has 16 heavy (non-hydrogen) atoms. The molecule has 0 spiro atoms. The molecule has 1 saturated heterocycles. The summed E-state index contributed by atoms with van der Waals surface area (Å²) >= 11 is 0. The van der Waals surface area contributed by atoms with Crippen molar-refractivity contribution in [3.05, 3.63) is 11.5 Å². The molecule has 6 nitrogen and oxygen atoms in total. The summed E-state index contributed by atoms with van der Waals surface area (Å²) in [6.45, 7) is 0.337. The first kappa shape index (κ1) is 9.38. The van der Waals surface area contributed by atoms with E-state index in [1.165, 1.54) is 4.90 Å². The molecule has 1 aliphatic heterocycles. The molecule has 1 aromatic heterocycles. The van der Waals surface area contributed by atoms with Crippen LogP contribution in [0.2, 0.25) is 0 Å². The van der Waals surface area contributed by atoms with Gasteiger partial charge in [0, 0.05) is 19.4 Å². The Labute approximate surface area is 91.6 Å². The summed E-state index contributed by atoms with van der Waals surface area (Å²) in [5.41, 5.74) is 0.944. The maximum atomic E-state index is 11.5. The SMILES string of the molecule is O=C1CCN(c2nc3c(o2)CCC3)C(=O)N1. The van der Waals surface area contributed by atoms with Crippen molar-refractivity contribution >= 4 is 18.0 Å². The highest BCUT2D eigenvalue weighted by atomic mass is 16.4. The Morgan fingerprint density at radius 3 is 2.88 bits per heavy atom. The van der Waals surface area contributed by atoms with Crippen LogP contribution in [0.15, 0.2) is 4.42 Å². The summed E-state index contributed by atoms with van der Waals surface area (Å²) in [5, 5.41) is 2.24. The smallest absolute Gasteiger partial charge is 0.332 e. The predicted octanol–water partition coefficient (Wildman–Crippen LogP) is 0.610. The number of fused-ring (bicyclic) bond motifs is 1. The lowest BCUT2D eigenvalue weighted by atomic mass is 10.3. The zero-order valence-corrected chi connectivity index (χ0v) is 8.65. The average Bonchev–Trinajstić information content (AvgIpc) is 2.76. The van der Waals surface area contributed by atoms with Crippen molar-refractivity contribution in [1.82, 2.24) is 10.3 Å². The molecular formula is C10H11N3O3. The lowest BCUT2D eigenvalue weighted by molar-refractivity contribution is -0.120. The maximum absolute atomic E-state index is 11.5. The van der Waals surface area contributed by atoms with Crippen LogP contribution in [0.5, 0.6) is 0 Å². The van der Waals surface area contributed by atoms with Crippen LogP contribution in [0.3, 0.4) is 0 Å². The number of nitrogens with zero attached hydrogens (tertiary/aromatic N) is 2. The number of urea groups is 1. The molecule has 0 atom stereocenters. The minimum atomic E-state index is -0.448. The number of aryl methyl sites for hydroxylation is 2. The Morgan fingerprint density at radius 2 is 2.12 bits per heavy atom. The number of anilines is 1. The van der Waals surface area contributed by atoms with Crippen molar-refractivity contribution in [1.29, 1.82) is 0 Å². The lowest BCUT2D eigenvalue weighted by Crippen LogP contribution is -2.49. The molecule has 1 fully saturated rings. The molecule has 0 radical (unpaired) electrons. The van der Waals surface area contributed by atoms with Crippen LogP contribution < -0.4 is 10.2 Å². The average molecular weight is 221 g/mol. The summed E-state index contributed by atoms with van der Waals surface area (Å²) in [5.74, 6) is 0.625. The number of hydrogen-bond acceptors (Lipinski definition) is 4. The zero-order chi connectivity index (χ0) is 11.1. The van der Waals surface area contributed by atoms with E-state index in [0.717, 1.165) is 30.7 Å². The second kappa shape index (κ2) is 3.33. The molecule has 6 heteroatoms. The summed E-state index contributed by atoms with van der Waals surface area (Å²) in [4.78, 5) is 28.2. The van der Waals surface area contributed by atoms with Gasteiger partial charge in [0.05, 0.1) is 5.69 Å². The second-order valence-corrected chi connectivity index (χ2v) is 3.97. The largest absolute Gasteiger partial charge is 0.428 e. The van der Waals surface area contributed by atoms with E-state index in [9.17, 15) is 9.59 Å². The van der Waals surface area contributed by atoms with Crippen molar-refractivity contribution < 1.29 is 14.0 Å². The molecule has 1 N–H and O–H groups in total. The Bertz CT molecular complexity index is 444. The highest BCUT2D eigenvalue weighted by Crippen LogP contribution is 2.27. The summed E-state index contributed by atoms with van der Waals surface area (Å²) in [6, 6.07) is -0.133. The molecule has 0 saturated carbocycles. The maximum Gasteiger partial charge on any atom is 0.332 e. The third-order valence-corrected chi connectivity index (χ3v) is 2.87. The van der Waals surface area contributed by atoms with Crippen molar-refractivity contribution in [2.75, 3.05) is 11.4 Å². The van der Waals surface area contributed by atoms with Crippen LogP contribution in [-0.2, 0) is 17.6 Å². The van der Waals surface area contributed by atoms with Gasteiger partial charge in [0.25, 0.3) is 0 Å². The first-order valence-corrected chi connectivity index (χ1v) is 5.34. The molecular weight excluding hydrogens is 210 g/mol. The van der Waals surface area contributed by atoms with Crippen LogP contribution in [0.25, 0.3) is 0 Å². The summed E-state index contributed by atoms with van der Waals surface area (Å²) in [6.07, 6.45) is 3.15. The van der Waals surface area contributed by atoms with Gasteiger partial charge in [-0.15, -0.1) is 0 Å². The Balaban J connectivity index is 1.86. The molecule has 0 unspecified atom stereocenters. The highest BCUT2D eigenvalue weighted by Gasteiger charge is 2.29. The van der Waals surface area contributed by atoms with E-state index in [1.807, 2.05) is 0 Å². The minimum absolute atomic E-state index is 0.250. The van der Waals surface area contributed by atoms with E-state index in [-0.39, 0.29) is 5.91 Å². The Morgan fingerprint density at radius 1 is 1.25 bits per heavy atom. The number of rotatable bonds is 1. The van der Waals surface area contributed by atoms with Crippen molar-refractivity contribution in [2.24, 2.45) is 0 Å². The fraction of sp³-hybridized carbons (Fsp3) is 0.500. The van der Waals surface area contributed by atoms with E-state index in [4.69, 9.17) is 4.42 Å². The van der Waals surface area contributed by atoms with Crippen LogP contribution >= 0.6 is 0 Å². The Hall–Kier alpha value is -1.85. The molecule has 3 amide bonds. The predicted molar refractivity (Wildman–Crippen MR) is 54.0 cm³/mol. The van der Waals surface area contributed by atoms with Gasteiger partial charge in [-0.25, -0.2) is 9.69 Å². The monoisotopic (exact) mass is 221 g/mol. The topological polar surface area (TPSA) is 75.4 Å². The fourth-order valence-corrected chi connectivity index (χ4v) is 2.04. The number of nitrogens with one attached hydrogen (secondary N) is 1. The van der Waals surface area contributed by atoms with Crippen LogP contribution in [0.4, 0.5) is 10.8 Å². The zero-order valence-electron chi connectivity index (χ0n) is 8.65. The third kappa shape index (κ3) is 1.37. The number of oxazole rings is 1. The second-order valence-electron chi connectivity index (χ2n) is 3.97. The van der Waals surface area contributed by atoms with E-state index in [1.54, 1.807) is 0 Å². The standard InChI is InChI=1S/C10H11N3O3/c14-8-4-5-13(9(15)12-8)10-11-6-2-1-3-7(6)16-10/h1-5H2,(H,12,14,15). The number of carbonyl (C=O) groups excluding carboxylic acids is 2. The van der Waals surface area contributed by atoms with E-state index in [2.05, 4.69) is 10.3 Å². The van der Waals surface area contributed by atoms with Gasteiger partial charge in [-0.3, -0.25) is 10.1 Å². The van der Waals surface area contributed by atoms with Crippen molar-refractivity contribution in [2.45, 2.75) is 25.7 Å². The van der Waals surface area contributed by atoms with Gasteiger partial charge in [-0.2, -0.15) is 4.98 Å². The molecule has 1 aromatic rings. The summed E-state index contributed by atoms with van der Waals surface area (Å²) < 4.78 is 5.51. The molecule has 2 heterocycles. The first-order chi connectivity index (χ1) is 7.74. The Kier molecular flexibility index (Phi) is 1.95. The van der Waals surface area contributed by atoms with Gasteiger partial charge in [-0.05, 0) is 12.8 Å². The minimum Gasteiger partial charge on any atom is -0.428 e. The number of carbonyl (C=O) groups is 2. The number of imide groups is 1. The van der Waals surface area contributed by atoms with Crippen molar-refractivity contribution in [3.8, 4) is 0 Å². The number of hydrogen-bond donors (Lipinski definition) is 1. The normalized spacial score (nSPS) is 19.9. The molecule has 0 aromatic carbocycles. The van der Waals surface area contributed by atoms with Crippen molar-refractivity contribution in [3.63, 3.8) is 0 Å². The fourth-order valence-electron chi connectivity index (χ4n) is 2.04. The van der Waals surface area contributed by atoms with Gasteiger partial charge in [-0.1, -0.05) is 0 Å². The molecule has 2 aliphatic rings. The van der Waals surface area contributed by atoms with Gasteiger partial charge >= 0.3 is 12.0 Å². The summed E-state index contributed by atoms with van der Waals surface area (Å²) in [7, 11) is 0.